The van der Waals surface area contributed by atoms with Gasteiger partial charge in [-0.1, -0.05) is 12.1 Å². The molecule has 0 unspecified atom stereocenters. The number of carbonyl (C=O) groups is 1. The number of carbonyl (C=O) groups excluding carboxylic acids is 1. The van der Waals surface area contributed by atoms with Gasteiger partial charge in [0, 0.05) is 43.7 Å². The molecule has 1 spiro atoms. The molecule has 0 N–H and O–H groups in total. The van der Waals surface area contributed by atoms with E-state index in [4.69, 9.17) is 13.9 Å². The van der Waals surface area contributed by atoms with Crippen molar-refractivity contribution >= 4 is 16.9 Å². The number of nitrogens with zero attached hydrogens (tertiary/aromatic N) is 2. The van der Waals surface area contributed by atoms with Crippen LogP contribution in [-0.2, 0) is 4.74 Å². The first kappa shape index (κ1) is 18.0. The standard InChI is InChI=1S/C22H28N2O4/c1-26-18-7-2-5-16-13-19(28-20(16)18)21(25)23-10-4-8-22(15-23)9-11-24(22)14-17-6-3-12-27-17/h2,5,7,13,17H,3-4,6,8-12,14-15H2,1H3/t17-,22+/m1/s1. The summed E-state index contributed by atoms with van der Waals surface area (Å²) in [6, 6.07) is 7.56. The fourth-order valence-electron chi connectivity index (χ4n) is 5.11. The zero-order valence-corrected chi connectivity index (χ0v) is 16.5. The number of para-hydroxylation sites is 1. The summed E-state index contributed by atoms with van der Waals surface area (Å²) in [4.78, 5) is 17.7. The molecule has 0 bridgehead atoms. The van der Waals surface area contributed by atoms with Gasteiger partial charge >= 0.3 is 0 Å². The highest BCUT2D eigenvalue weighted by atomic mass is 16.5. The second-order valence-electron chi connectivity index (χ2n) is 8.37. The number of rotatable bonds is 4. The number of ether oxygens (including phenoxy) is 2. The van der Waals surface area contributed by atoms with Crippen LogP contribution >= 0.6 is 0 Å². The maximum atomic E-state index is 13.2. The summed E-state index contributed by atoms with van der Waals surface area (Å²) in [5.74, 6) is 1.05. The van der Waals surface area contributed by atoms with E-state index >= 15 is 0 Å². The van der Waals surface area contributed by atoms with Gasteiger partial charge in [-0.05, 0) is 44.2 Å². The second-order valence-corrected chi connectivity index (χ2v) is 8.37. The third-order valence-corrected chi connectivity index (χ3v) is 6.75. The van der Waals surface area contributed by atoms with Crippen LogP contribution in [0.25, 0.3) is 11.0 Å². The molecule has 3 aliphatic heterocycles. The number of likely N-dealkylation sites (tertiary alicyclic amines) is 2. The van der Waals surface area contributed by atoms with Crippen LogP contribution in [0.1, 0.15) is 42.7 Å². The van der Waals surface area contributed by atoms with E-state index in [9.17, 15) is 4.79 Å². The lowest BCUT2D eigenvalue weighted by atomic mass is 9.77. The molecule has 3 aliphatic rings. The predicted octanol–water partition coefficient (Wildman–Crippen LogP) is 3.30. The predicted molar refractivity (Wildman–Crippen MR) is 106 cm³/mol. The Balaban J connectivity index is 1.33. The van der Waals surface area contributed by atoms with E-state index in [0.717, 1.165) is 63.9 Å². The van der Waals surface area contributed by atoms with Crippen molar-refractivity contribution in [3.63, 3.8) is 0 Å². The lowest BCUT2D eigenvalue weighted by Crippen LogP contribution is -2.68. The molecule has 2 atom stereocenters. The van der Waals surface area contributed by atoms with Crippen LogP contribution in [0.4, 0.5) is 0 Å². The van der Waals surface area contributed by atoms with E-state index in [1.165, 1.54) is 6.42 Å². The van der Waals surface area contributed by atoms with Gasteiger partial charge in [0.1, 0.15) is 0 Å². The second kappa shape index (κ2) is 7.08. The molecule has 2 aromatic rings. The maximum absolute atomic E-state index is 13.2. The van der Waals surface area contributed by atoms with Gasteiger partial charge in [-0.3, -0.25) is 9.69 Å². The number of piperidine rings is 1. The molecule has 150 valence electrons. The fourth-order valence-corrected chi connectivity index (χ4v) is 5.11. The zero-order chi connectivity index (χ0) is 19.1. The minimum atomic E-state index is -0.0127. The summed E-state index contributed by atoms with van der Waals surface area (Å²) < 4.78 is 17.1. The molecule has 0 aliphatic carbocycles. The largest absolute Gasteiger partial charge is 0.493 e. The average Bonchev–Trinajstić information content (AvgIpc) is 3.40. The molecule has 1 amide bonds. The Morgan fingerprint density at radius 1 is 1.29 bits per heavy atom. The van der Waals surface area contributed by atoms with Gasteiger partial charge in [0.05, 0.1) is 13.2 Å². The van der Waals surface area contributed by atoms with Crippen molar-refractivity contribution in [2.24, 2.45) is 0 Å². The number of methoxy groups -OCH3 is 1. The third-order valence-electron chi connectivity index (χ3n) is 6.75. The van der Waals surface area contributed by atoms with Gasteiger partial charge in [-0.25, -0.2) is 0 Å². The Morgan fingerprint density at radius 3 is 2.96 bits per heavy atom. The molecule has 3 saturated heterocycles. The summed E-state index contributed by atoms with van der Waals surface area (Å²) in [6.07, 6.45) is 6.07. The molecule has 4 heterocycles. The smallest absolute Gasteiger partial charge is 0.289 e. The van der Waals surface area contributed by atoms with Crippen molar-refractivity contribution in [2.75, 3.05) is 39.9 Å². The van der Waals surface area contributed by atoms with Gasteiger partial charge in [0.25, 0.3) is 5.91 Å². The molecule has 6 heteroatoms. The van der Waals surface area contributed by atoms with E-state index < -0.39 is 0 Å². The van der Waals surface area contributed by atoms with Crippen molar-refractivity contribution < 1.29 is 18.7 Å². The number of amides is 1. The number of hydrogen-bond acceptors (Lipinski definition) is 5. The number of furan rings is 1. The highest BCUT2D eigenvalue weighted by molar-refractivity contribution is 5.97. The minimum absolute atomic E-state index is 0.0127. The van der Waals surface area contributed by atoms with E-state index in [-0.39, 0.29) is 11.4 Å². The minimum Gasteiger partial charge on any atom is -0.493 e. The van der Waals surface area contributed by atoms with Gasteiger partial charge < -0.3 is 18.8 Å². The number of hydrogen-bond donors (Lipinski definition) is 0. The van der Waals surface area contributed by atoms with Gasteiger partial charge in [-0.2, -0.15) is 0 Å². The molecule has 1 aromatic heterocycles. The molecular formula is C22H28N2O4. The molecule has 5 rings (SSSR count). The van der Waals surface area contributed by atoms with Crippen LogP contribution in [0.3, 0.4) is 0 Å². The molecule has 0 radical (unpaired) electrons. The normalized spacial score (nSPS) is 28.0. The molecular weight excluding hydrogens is 356 g/mol. The quantitative estimate of drug-likeness (QED) is 0.810. The molecule has 1 aromatic carbocycles. The Bertz CT molecular complexity index is 873. The first-order chi connectivity index (χ1) is 13.7. The lowest BCUT2D eigenvalue weighted by Gasteiger charge is -2.57. The highest BCUT2D eigenvalue weighted by Crippen LogP contribution is 2.40. The average molecular weight is 384 g/mol. The Hall–Kier alpha value is -2.05. The Labute approximate surface area is 165 Å². The first-order valence-corrected chi connectivity index (χ1v) is 10.4. The van der Waals surface area contributed by atoms with Crippen LogP contribution in [0.5, 0.6) is 5.75 Å². The monoisotopic (exact) mass is 384 g/mol. The SMILES string of the molecule is COc1cccc2cc(C(=O)N3CCC[C@]4(CCN4C[C@H]4CCCO4)C3)oc12. The summed E-state index contributed by atoms with van der Waals surface area (Å²) in [7, 11) is 1.62. The van der Waals surface area contributed by atoms with Crippen molar-refractivity contribution in [3.05, 3.63) is 30.0 Å². The summed E-state index contributed by atoms with van der Waals surface area (Å²) in [5.41, 5.74) is 0.771. The highest BCUT2D eigenvalue weighted by Gasteiger charge is 2.49. The van der Waals surface area contributed by atoms with E-state index in [0.29, 0.717) is 23.2 Å². The fraction of sp³-hybridized carbons (Fsp3) is 0.591. The van der Waals surface area contributed by atoms with Gasteiger partial charge in [0.15, 0.2) is 17.1 Å². The van der Waals surface area contributed by atoms with Crippen molar-refractivity contribution in [3.8, 4) is 5.75 Å². The number of benzene rings is 1. The van der Waals surface area contributed by atoms with Crippen molar-refractivity contribution in [1.29, 1.82) is 0 Å². The topological polar surface area (TPSA) is 55.2 Å². The van der Waals surface area contributed by atoms with Gasteiger partial charge in [-0.15, -0.1) is 0 Å². The third kappa shape index (κ3) is 2.99. The van der Waals surface area contributed by atoms with Crippen LogP contribution < -0.4 is 4.74 Å². The van der Waals surface area contributed by atoms with Crippen molar-refractivity contribution in [1.82, 2.24) is 9.80 Å². The van der Waals surface area contributed by atoms with E-state index in [1.807, 2.05) is 29.2 Å². The van der Waals surface area contributed by atoms with Gasteiger partial charge in [0.2, 0.25) is 0 Å². The molecule has 3 fully saturated rings. The van der Waals surface area contributed by atoms with Crippen LogP contribution in [-0.4, -0.2) is 67.2 Å². The Kier molecular flexibility index (Phi) is 4.56. The summed E-state index contributed by atoms with van der Waals surface area (Å²) >= 11 is 0. The van der Waals surface area contributed by atoms with E-state index in [2.05, 4.69) is 4.90 Å². The first-order valence-electron chi connectivity index (χ1n) is 10.4. The summed E-state index contributed by atoms with van der Waals surface area (Å²) in [5, 5.41) is 0.901. The zero-order valence-electron chi connectivity index (χ0n) is 16.5. The Morgan fingerprint density at radius 2 is 2.21 bits per heavy atom. The lowest BCUT2D eigenvalue weighted by molar-refractivity contribution is -0.0809. The maximum Gasteiger partial charge on any atom is 0.289 e. The van der Waals surface area contributed by atoms with Crippen molar-refractivity contribution in [2.45, 2.75) is 43.7 Å². The van der Waals surface area contributed by atoms with Crippen LogP contribution in [0, 0.1) is 0 Å². The summed E-state index contributed by atoms with van der Waals surface area (Å²) in [6.45, 7) is 4.59. The molecule has 6 nitrogen and oxygen atoms in total. The molecule has 0 saturated carbocycles. The molecule has 28 heavy (non-hydrogen) atoms. The van der Waals surface area contributed by atoms with E-state index in [1.54, 1.807) is 7.11 Å². The van der Waals surface area contributed by atoms with Crippen LogP contribution in [0.15, 0.2) is 28.7 Å². The van der Waals surface area contributed by atoms with Crippen LogP contribution in [0.2, 0.25) is 0 Å². The number of fused-ring (bicyclic) bond motifs is 1.